The smallest absolute Gasteiger partial charge is 0.269 e. The van der Waals surface area contributed by atoms with Crippen LogP contribution in [-0.4, -0.2) is 4.92 Å². The summed E-state index contributed by atoms with van der Waals surface area (Å²) in [4.78, 5) is 10.1. The minimum absolute atomic E-state index is 0.0290. The fraction of sp³-hybridized carbons (Fsp3) is 0.0769. The molecular weight excluding hydrogens is 325 g/mol. The largest absolute Gasteiger partial charge is 0.487 e. The van der Waals surface area contributed by atoms with E-state index in [0.717, 1.165) is 5.56 Å². The molecule has 0 radical (unpaired) electrons. The fourth-order valence-corrected chi connectivity index (χ4v) is 2.08. The third-order valence-electron chi connectivity index (χ3n) is 2.52. The molecule has 0 aliphatic heterocycles. The number of benzene rings is 2. The van der Waals surface area contributed by atoms with Gasteiger partial charge in [-0.1, -0.05) is 34.8 Å². The second kappa shape index (κ2) is 6.31. The van der Waals surface area contributed by atoms with E-state index in [0.29, 0.717) is 20.8 Å². The van der Waals surface area contributed by atoms with Gasteiger partial charge >= 0.3 is 0 Å². The van der Waals surface area contributed by atoms with Gasteiger partial charge in [-0.25, -0.2) is 0 Å². The normalized spacial score (nSPS) is 10.3. The molecule has 4 nitrogen and oxygen atoms in total. The van der Waals surface area contributed by atoms with Crippen molar-refractivity contribution >= 4 is 40.5 Å². The van der Waals surface area contributed by atoms with Crippen LogP contribution in [0.1, 0.15) is 5.56 Å². The molecule has 0 atom stereocenters. The van der Waals surface area contributed by atoms with E-state index in [9.17, 15) is 10.1 Å². The Morgan fingerprint density at radius 3 is 2.20 bits per heavy atom. The predicted molar refractivity (Wildman–Crippen MR) is 78.9 cm³/mol. The number of nitrogens with zero attached hydrogens (tertiary/aromatic N) is 1. The summed E-state index contributed by atoms with van der Waals surface area (Å²) in [5.74, 6) is 0.402. The standard InChI is InChI=1S/C13H8Cl3NO3/c14-10-5-12(16)13(6-11(10)15)20-7-8-1-3-9(4-2-8)17(18)19/h1-6H,7H2. The zero-order valence-electron chi connectivity index (χ0n) is 9.98. The summed E-state index contributed by atoms with van der Waals surface area (Å²) in [7, 11) is 0. The topological polar surface area (TPSA) is 52.4 Å². The third-order valence-corrected chi connectivity index (χ3v) is 3.53. The van der Waals surface area contributed by atoms with Gasteiger partial charge in [0.05, 0.1) is 20.0 Å². The van der Waals surface area contributed by atoms with E-state index in [1.165, 1.54) is 24.3 Å². The van der Waals surface area contributed by atoms with Gasteiger partial charge in [0.25, 0.3) is 5.69 Å². The first-order chi connectivity index (χ1) is 9.47. The number of rotatable bonds is 4. The molecule has 20 heavy (non-hydrogen) atoms. The maximum atomic E-state index is 10.5. The average Bonchev–Trinajstić information content (AvgIpc) is 2.42. The van der Waals surface area contributed by atoms with Crippen molar-refractivity contribution in [1.29, 1.82) is 0 Å². The van der Waals surface area contributed by atoms with Crippen molar-refractivity contribution in [2.45, 2.75) is 6.61 Å². The van der Waals surface area contributed by atoms with Crippen LogP contribution < -0.4 is 4.74 Å². The van der Waals surface area contributed by atoms with E-state index in [-0.39, 0.29) is 12.3 Å². The summed E-state index contributed by atoms with van der Waals surface area (Å²) in [5, 5.41) is 11.6. The lowest BCUT2D eigenvalue weighted by Crippen LogP contribution is -1.96. The van der Waals surface area contributed by atoms with Crippen LogP contribution >= 0.6 is 34.8 Å². The highest BCUT2D eigenvalue weighted by molar-refractivity contribution is 6.43. The Morgan fingerprint density at radius 1 is 1.00 bits per heavy atom. The van der Waals surface area contributed by atoms with Gasteiger partial charge < -0.3 is 4.74 Å². The highest BCUT2D eigenvalue weighted by Gasteiger charge is 2.08. The number of non-ortho nitro benzene ring substituents is 1. The van der Waals surface area contributed by atoms with Gasteiger partial charge in [-0.15, -0.1) is 0 Å². The summed E-state index contributed by atoms with van der Waals surface area (Å²) in [5.41, 5.74) is 0.805. The van der Waals surface area contributed by atoms with Crippen molar-refractivity contribution in [1.82, 2.24) is 0 Å². The maximum Gasteiger partial charge on any atom is 0.269 e. The van der Waals surface area contributed by atoms with Crippen LogP contribution in [0.4, 0.5) is 5.69 Å². The number of nitro benzene ring substituents is 1. The van der Waals surface area contributed by atoms with Crippen LogP contribution in [0.2, 0.25) is 15.1 Å². The second-order valence-electron chi connectivity index (χ2n) is 3.91. The van der Waals surface area contributed by atoms with Gasteiger partial charge in [0.2, 0.25) is 0 Å². The quantitative estimate of drug-likeness (QED) is 0.443. The fourth-order valence-electron chi connectivity index (χ4n) is 1.49. The molecule has 0 saturated carbocycles. The number of ether oxygens (including phenoxy) is 1. The van der Waals surface area contributed by atoms with Crippen molar-refractivity contribution in [3.63, 3.8) is 0 Å². The molecule has 0 N–H and O–H groups in total. The van der Waals surface area contributed by atoms with E-state index >= 15 is 0 Å². The molecule has 0 amide bonds. The first-order valence-electron chi connectivity index (χ1n) is 5.48. The maximum absolute atomic E-state index is 10.5. The lowest BCUT2D eigenvalue weighted by atomic mass is 10.2. The molecule has 0 spiro atoms. The minimum atomic E-state index is -0.458. The summed E-state index contributed by atoms with van der Waals surface area (Å²) in [6, 6.07) is 9.08. The summed E-state index contributed by atoms with van der Waals surface area (Å²) < 4.78 is 5.51. The molecule has 0 aliphatic carbocycles. The van der Waals surface area contributed by atoms with Gasteiger partial charge in [-0.2, -0.15) is 0 Å². The first kappa shape index (κ1) is 14.9. The molecule has 7 heteroatoms. The van der Waals surface area contributed by atoms with E-state index in [1.54, 1.807) is 12.1 Å². The van der Waals surface area contributed by atoms with Crippen molar-refractivity contribution in [2.75, 3.05) is 0 Å². The number of hydrogen-bond acceptors (Lipinski definition) is 3. The third kappa shape index (κ3) is 3.54. The van der Waals surface area contributed by atoms with Crippen LogP contribution in [0, 0.1) is 10.1 Å². The zero-order chi connectivity index (χ0) is 14.7. The highest BCUT2D eigenvalue weighted by Crippen LogP contribution is 2.34. The number of nitro groups is 1. The Kier molecular flexibility index (Phi) is 4.70. The van der Waals surface area contributed by atoms with Crippen LogP contribution in [-0.2, 0) is 6.61 Å². The monoisotopic (exact) mass is 331 g/mol. The SMILES string of the molecule is O=[N+]([O-])c1ccc(COc2cc(Cl)c(Cl)cc2Cl)cc1. The molecule has 0 saturated heterocycles. The van der Waals surface area contributed by atoms with Gasteiger partial charge in [-0.05, 0) is 23.8 Å². The predicted octanol–water partition coefficient (Wildman–Crippen LogP) is 5.13. The van der Waals surface area contributed by atoms with Gasteiger partial charge in [0, 0.05) is 18.2 Å². The molecule has 0 heterocycles. The number of hydrogen-bond donors (Lipinski definition) is 0. The van der Waals surface area contributed by atoms with Crippen molar-refractivity contribution in [2.24, 2.45) is 0 Å². The molecular formula is C13H8Cl3NO3. The van der Waals surface area contributed by atoms with E-state index in [1.807, 2.05) is 0 Å². The Bertz CT molecular complexity index is 644. The second-order valence-corrected chi connectivity index (χ2v) is 5.13. The van der Waals surface area contributed by atoms with E-state index in [4.69, 9.17) is 39.5 Å². The Morgan fingerprint density at radius 2 is 1.60 bits per heavy atom. The number of halogens is 3. The minimum Gasteiger partial charge on any atom is -0.487 e. The van der Waals surface area contributed by atoms with Crippen LogP contribution in [0.25, 0.3) is 0 Å². The first-order valence-corrected chi connectivity index (χ1v) is 6.61. The van der Waals surface area contributed by atoms with Crippen molar-refractivity contribution in [3.8, 4) is 5.75 Å². The molecule has 104 valence electrons. The molecule has 0 aliphatic rings. The van der Waals surface area contributed by atoms with Crippen LogP contribution in [0.3, 0.4) is 0 Å². The molecule has 0 fully saturated rings. The lowest BCUT2D eigenvalue weighted by molar-refractivity contribution is -0.384. The van der Waals surface area contributed by atoms with Gasteiger partial charge in [0.1, 0.15) is 12.4 Å². The Balaban J connectivity index is 2.09. The van der Waals surface area contributed by atoms with Crippen molar-refractivity contribution < 1.29 is 9.66 Å². The Labute approximate surface area is 130 Å². The summed E-state index contributed by atoms with van der Waals surface area (Å²) in [6.45, 7) is 0.218. The molecule has 0 aromatic heterocycles. The average molecular weight is 333 g/mol. The summed E-state index contributed by atoms with van der Waals surface area (Å²) in [6.07, 6.45) is 0. The van der Waals surface area contributed by atoms with E-state index in [2.05, 4.69) is 0 Å². The van der Waals surface area contributed by atoms with Crippen molar-refractivity contribution in [3.05, 3.63) is 67.1 Å². The highest BCUT2D eigenvalue weighted by atomic mass is 35.5. The zero-order valence-corrected chi connectivity index (χ0v) is 12.2. The van der Waals surface area contributed by atoms with Gasteiger partial charge in [-0.3, -0.25) is 10.1 Å². The molecule has 2 aromatic carbocycles. The molecule has 2 aromatic rings. The van der Waals surface area contributed by atoms with Crippen LogP contribution in [0.15, 0.2) is 36.4 Å². The van der Waals surface area contributed by atoms with Crippen LogP contribution in [0.5, 0.6) is 5.75 Å². The lowest BCUT2D eigenvalue weighted by Gasteiger charge is -2.09. The molecule has 2 rings (SSSR count). The Hall–Kier alpha value is -1.49. The molecule has 0 bridgehead atoms. The van der Waals surface area contributed by atoms with E-state index < -0.39 is 4.92 Å². The van der Waals surface area contributed by atoms with Gasteiger partial charge in [0.15, 0.2) is 0 Å². The molecule has 0 unspecified atom stereocenters. The summed E-state index contributed by atoms with van der Waals surface area (Å²) >= 11 is 17.7.